The minimum Gasteiger partial charge on any atom is -0.370 e. The molecule has 1 aromatic carbocycles. The van der Waals surface area contributed by atoms with E-state index in [4.69, 9.17) is 5.73 Å². The van der Waals surface area contributed by atoms with Crippen molar-refractivity contribution in [2.75, 3.05) is 5.32 Å². The van der Waals surface area contributed by atoms with Gasteiger partial charge >= 0.3 is 0 Å². The van der Waals surface area contributed by atoms with Gasteiger partial charge in [0, 0.05) is 24.1 Å². The number of Topliss-reactive ketones (excluding diaryl/α,β-unsaturated/α-hetero) is 1. The second kappa shape index (κ2) is 5.79. The topological polar surface area (TPSA) is 89.3 Å². The van der Waals surface area contributed by atoms with Crippen LogP contribution in [-0.2, 0) is 9.59 Å². The Balaban J connectivity index is 2.54. The van der Waals surface area contributed by atoms with Crippen molar-refractivity contribution in [3.05, 3.63) is 29.8 Å². The molecule has 0 aromatic heterocycles. The molecular formula is C12H14N2O3. The molecule has 2 amide bonds. The van der Waals surface area contributed by atoms with Gasteiger partial charge in [0.15, 0.2) is 5.78 Å². The first-order valence-electron chi connectivity index (χ1n) is 5.18. The smallest absolute Gasteiger partial charge is 0.224 e. The molecule has 90 valence electrons. The molecule has 0 fully saturated rings. The van der Waals surface area contributed by atoms with Gasteiger partial charge in [-0.3, -0.25) is 14.4 Å². The summed E-state index contributed by atoms with van der Waals surface area (Å²) in [5.41, 5.74) is 6.10. The summed E-state index contributed by atoms with van der Waals surface area (Å²) in [6.07, 6.45) is 0.0845. The van der Waals surface area contributed by atoms with Crippen LogP contribution in [0.25, 0.3) is 0 Å². The van der Waals surface area contributed by atoms with Crippen molar-refractivity contribution in [1.82, 2.24) is 0 Å². The fourth-order valence-electron chi connectivity index (χ4n) is 1.25. The van der Waals surface area contributed by atoms with Crippen molar-refractivity contribution >= 4 is 23.3 Å². The van der Waals surface area contributed by atoms with Crippen molar-refractivity contribution in [1.29, 1.82) is 0 Å². The summed E-state index contributed by atoms with van der Waals surface area (Å²) in [5, 5.41) is 2.61. The number of rotatable bonds is 5. The number of hydrogen-bond acceptors (Lipinski definition) is 3. The lowest BCUT2D eigenvalue weighted by Gasteiger charge is -2.04. The molecule has 0 spiro atoms. The molecular weight excluding hydrogens is 220 g/mol. The summed E-state index contributed by atoms with van der Waals surface area (Å²) in [4.78, 5) is 32.8. The Morgan fingerprint density at radius 1 is 1.12 bits per heavy atom. The first-order chi connectivity index (χ1) is 7.99. The van der Waals surface area contributed by atoms with Crippen LogP contribution in [0.1, 0.15) is 30.1 Å². The largest absolute Gasteiger partial charge is 0.370 e. The zero-order chi connectivity index (χ0) is 12.8. The highest BCUT2D eigenvalue weighted by Crippen LogP contribution is 2.10. The number of carbonyl (C=O) groups excluding carboxylic acids is 3. The maximum Gasteiger partial charge on any atom is 0.224 e. The van der Waals surface area contributed by atoms with E-state index < -0.39 is 5.91 Å². The zero-order valence-corrected chi connectivity index (χ0v) is 9.53. The lowest BCUT2D eigenvalue weighted by atomic mass is 10.1. The van der Waals surface area contributed by atoms with E-state index in [1.807, 2.05) is 0 Å². The standard InChI is InChI=1S/C12H14N2O3/c1-8(15)9-2-4-10(5-3-9)14-12(17)7-6-11(13)16/h2-5H,6-7H2,1H3,(H2,13,16)(H,14,17). The Labute approximate surface area is 99.0 Å². The van der Waals surface area contributed by atoms with Crippen LogP contribution in [0.4, 0.5) is 5.69 Å². The number of hydrogen-bond donors (Lipinski definition) is 2. The van der Waals surface area contributed by atoms with Crippen LogP contribution in [0.3, 0.4) is 0 Å². The van der Waals surface area contributed by atoms with Gasteiger partial charge in [-0.1, -0.05) is 0 Å². The van der Waals surface area contributed by atoms with E-state index in [0.29, 0.717) is 11.3 Å². The third-order valence-electron chi connectivity index (χ3n) is 2.17. The van der Waals surface area contributed by atoms with Crippen LogP contribution >= 0.6 is 0 Å². The van der Waals surface area contributed by atoms with Crippen LogP contribution in [0.2, 0.25) is 0 Å². The normalized spacial score (nSPS) is 9.71. The Bertz CT molecular complexity index is 438. The fraction of sp³-hybridized carbons (Fsp3) is 0.250. The van der Waals surface area contributed by atoms with Crippen molar-refractivity contribution in [3.8, 4) is 0 Å². The van der Waals surface area contributed by atoms with Gasteiger partial charge in [0.1, 0.15) is 0 Å². The van der Waals surface area contributed by atoms with E-state index in [-0.39, 0.29) is 24.5 Å². The first kappa shape index (κ1) is 12.9. The fourth-order valence-corrected chi connectivity index (χ4v) is 1.25. The minimum absolute atomic E-state index is 0.0252. The van der Waals surface area contributed by atoms with E-state index in [2.05, 4.69) is 5.32 Å². The van der Waals surface area contributed by atoms with Crippen LogP contribution < -0.4 is 11.1 Å². The van der Waals surface area contributed by atoms with E-state index in [1.165, 1.54) is 6.92 Å². The number of primary amides is 1. The predicted octanol–water partition coefficient (Wildman–Crippen LogP) is 1.09. The maximum absolute atomic E-state index is 11.3. The number of nitrogens with one attached hydrogen (secondary N) is 1. The van der Waals surface area contributed by atoms with Gasteiger partial charge in [-0.05, 0) is 31.2 Å². The zero-order valence-electron chi connectivity index (χ0n) is 9.53. The molecule has 3 N–H and O–H groups in total. The number of benzene rings is 1. The molecule has 0 atom stereocenters. The van der Waals surface area contributed by atoms with Crippen LogP contribution in [-0.4, -0.2) is 17.6 Å². The van der Waals surface area contributed by atoms with Crippen molar-refractivity contribution < 1.29 is 14.4 Å². The monoisotopic (exact) mass is 234 g/mol. The maximum atomic E-state index is 11.3. The van der Waals surface area contributed by atoms with Gasteiger partial charge < -0.3 is 11.1 Å². The Kier molecular flexibility index (Phi) is 4.39. The molecule has 0 aliphatic heterocycles. The lowest BCUT2D eigenvalue weighted by Crippen LogP contribution is -2.17. The highest BCUT2D eigenvalue weighted by atomic mass is 16.2. The summed E-state index contributed by atoms with van der Waals surface area (Å²) < 4.78 is 0. The molecule has 5 nitrogen and oxygen atoms in total. The number of ketones is 1. The minimum atomic E-state index is -0.507. The quantitative estimate of drug-likeness (QED) is 0.747. The summed E-state index contributed by atoms with van der Waals surface area (Å²) in [6, 6.07) is 6.54. The molecule has 0 aliphatic carbocycles. The molecule has 5 heteroatoms. The second-order valence-corrected chi connectivity index (χ2v) is 3.65. The molecule has 0 saturated carbocycles. The molecule has 0 bridgehead atoms. The molecule has 17 heavy (non-hydrogen) atoms. The van der Waals surface area contributed by atoms with Crippen molar-refractivity contribution in [3.63, 3.8) is 0 Å². The average molecular weight is 234 g/mol. The summed E-state index contributed by atoms with van der Waals surface area (Å²) >= 11 is 0. The van der Waals surface area contributed by atoms with Crippen LogP contribution in [0.5, 0.6) is 0 Å². The Morgan fingerprint density at radius 3 is 2.18 bits per heavy atom. The highest BCUT2D eigenvalue weighted by Gasteiger charge is 2.05. The van der Waals surface area contributed by atoms with Gasteiger partial charge in [-0.2, -0.15) is 0 Å². The summed E-state index contributed by atoms with van der Waals surface area (Å²) in [7, 11) is 0. The van der Waals surface area contributed by atoms with Crippen molar-refractivity contribution in [2.45, 2.75) is 19.8 Å². The number of carbonyl (C=O) groups is 3. The van der Waals surface area contributed by atoms with Gasteiger partial charge in [0.05, 0.1) is 0 Å². The lowest BCUT2D eigenvalue weighted by molar-refractivity contribution is -0.122. The molecule has 0 heterocycles. The predicted molar refractivity (Wildman–Crippen MR) is 63.5 cm³/mol. The summed E-state index contributed by atoms with van der Waals surface area (Å²) in [5.74, 6) is -0.817. The van der Waals surface area contributed by atoms with E-state index in [9.17, 15) is 14.4 Å². The van der Waals surface area contributed by atoms with Gasteiger partial charge in [0.25, 0.3) is 0 Å². The molecule has 1 aromatic rings. The highest BCUT2D eigenvalue weighted by molar-refractivity contribution is 5.96. The summed E-state index contributed by atoms with van der Waals surface area (Å²) in [6.45, 7) is 1.47. The number of anilines is 1. The van der Waals surface area contributed by atoms with Gasteiger partial charge in [0.2, 0.25) is 11.8 Å². The third-order valence-corrected chi connectivity index (χ3v) is 2.17. The Hall–Kier alpha value is -2.17. The van der Waals surface area contributed by atoms with Crippen LogP contribution in [0, 0.1) is 0 Å². The third kappa shape index (κ3) is 4.46. The number of nitrogens with two attached hydrogens (primary N) is 1. The molecule has 1 rings (SSSR count). The van der Waals surface area contributed by atoms with Crippen molar-refractivity contribution in [2.24, 2.45) is 5.73 Å². The van der Waals surface area contributed by atoms with E-state index in [1.54, 1.807) is 24.3 Å². The van der Waals surface area contributed by atoms with Gasteiger partial charge in [-0.25, -0.2) is 0 Å². The average Bonchev–Trinajstić information content (AvgIpc) is 2.27. The second-order valence-electron chi connectivity index (χ2n) is 3.65. The van der Waals surface area contributed by atoms with Crippen LogP contribution in [0.15, 0.2) is 24.3 Å². The molecule has 0 radical (unpaired) electrons. The SMILES string of the molecule is CC(=O)c1ccc(NC(=O)CCC(N)=O)cc1. The van der Waals surface area contributed by atoms with Gasteiger partial charge in [-0.15, -0.1) is 0 Å². The van der Waals surface area contributed by atoms with E-state index in [0.717, 1.165) is 0 Å². The number of amides is 2. The molecule has 0 aliphatic rings. The van der Waals surface area contributed by atoms with E-state index >= 15 is 0 Å². The molecule has 0 unspecified atom stereocenters. The first-order valence-corrected chi connectivity index (χ1v) is 5.18. The Morgan fingerprint density at radius 2 is 1.71 bits per heavy atom. The molecule has 0 saturated heterocycles.